The van der Waals surface area contributed by atoms with Gasteiger partial charge in [0.1, 0.15) is 5.69 Å². The van der Waals surface area contributed by atoms with Crippen molar-refractivity contribution in [2.24, 2.45) is 7.05 Å². The molecule has 168 valence electrons. The summed E-state index contributed by atoms with van der Waals surface area (Å²) >= 11 is 0. The number of hydrogen-bond acceptors (Lipinski definition) is 9. The summed E-state index contributed by atoms with van der Waals surface area (Å²) in [5.41, 5.74) is 1.46. The first-order chi connectivity index (χ1) is 15.8. The lowest BCUT2D eigenvalue weighted by Gasteiger charge is -2.16. The monoisotopic (exact) mass is 446 g/mol. The molecule has 0 aliphatic carbocycles. The molecule has 11 nitrogen and oxygen atoms in total. The van der Waals surface area contributed by atoms with Crippen LogP contribution in [0.5, 0.6) is 0 Å². The zero-order chi connectivity index (χ0) is 23.2. The number of nitrogens with zero attached hydrogens (tertiary/aromatic N) is 7. The Kier molecular flexibility index (Phi) is 4.90. The number of nitrogens with one attached hydrogen (secondary N) is 1. The molecule has 4 aromatic rings. The molecular formula is C22H22N8O3. The van der Waals surface area contributed by atoms with Gasteiger partial charge < -0.3 is 19.8 Å². The van der Waals surface area contributed by atoms with Crippen molar-refractivity contribution in [3.05, 3.63) is 54.0 Å². The molecule has 0 aromatic carbocycles. The maximum absolute atomic E-state index is 12.3. The van der Waals surface area contributed by atoms with Gasteiger partial charge >= 0.3 is 0 Å². The fraction of sp³-hybridized carbons (Fsp3) is 0.273. The Morgan fingerprint density at radius 1 is 1.09 bits per heavy atom. The van der Waals surface area contributed by atoms with Gasteiger partial charge in [0, 0.05) is 51.1 Å². The third-order valence-electron chi connectivity index (χ3n) is 5.71. The second-order valence-corrected chi connectivity index (χ2v) is 8.01. The van der Waals surface area contributed by atoms with Gasteiger partial charge in [-0.15, -0.1) is 0 Å². The van der Waals surface area contributed by atoms with E-state index in [4.69, 9.17) is 4.52 Å². The standard InChI is InChI=1S/C22H22N8O3/c1-13-11-19(27-30(13)3)26-21-23-9-7-16(25-21)14-5-4-6-15(24-14)17-12-18(33-28-17)22(32)8-10-29(2)20(22)31/h4-7,9,11-12,32H,8,10H2,1-3H3,(H,23,25,26,27)/t22-/m1/s1. The van der Waals surface area contributed by atoms with Crippen molar-refractivity contribution in [3.63, 3.8) is 0 Å². The van der Waals surface area contributed by atoms with Crippen LogP contribution in [-0.2, 0) is 17.4 Å². The summed E-state index contributed by atoms with van der Waals surface area (Å²) in [4.78, 5) is 27.2. The average molecular weight is 446 g/mol. The highest BCUT2D eigenvalue weighted by Gasteiger charge is 2.48. The molecule has 1 amide bonds. The van der Waals surface area contributed by atoms with E-state index in [1.807, 2.05) is 32.2 Å². The van der Waals surface area contributed by atoms with E-state index in [1.54, 1.807) is 36.1 Å². The van der Waals surface area contributed by atoms with E-state index >= 15 is 0 Å². The first-order valence-corrected chi connectivity index (χ1v) is 10.4. The van der Waals surface area contributed by atoms with Gasteiger partial charge in [0.2, 0.25) is 11.5 Å². The van der Waals surface area contributed by atoms with Crippen molar-refractivity contribution >= 4 is 17.7 Å². The molecule has 5 heterocycles. The summed E-state index contributed by atoms with van der Waals surface area (Å²) in [6.45, 7) is 2.40. The summed E-state index contributed by atoms with van der Waals surface area (Å²) in [6.07, 6.45) is 1.89. The minimum atomic E-state index is -1.70. The van der Waals surface area contributed by atoms with Gasteiger partial charge in [-0.05, 0) is 25.1 Å². The van der Waals surface area contributed by atoms with Crippen LogP contribution in [0.2, 0.25) is 0 Å². The Morgan fingerprint density at radius 2 is 1.85 bits per heavy atom. The van der Waals surface area contributed by atoms with Gasteiger partial charge in [0.05, 0.1) is 17.1 Å². The number of likely N-dealkylation sites (N-methyl/N-ethyl adjacent to an activating group) is 1. The van der Waals surface area contributed by atoms with E-state index in [1.165, 1.54) is 4.90 Å². The molecule has 2 N–H and O–H groups in total. The average Bonchev–Trinajstić information content (AvgIpc) is 3.50. The Balaban J connectivity index is 1.41. The zero-order valence-corrected chi connectivity index (χ0v) is 18.3. The predicted octanol–water partition coefficient (Wildman–Crippen LogP) is 2.03. The third kappa shape index (κ3) is 3.72. The van der Waals surface area contributed by atoms with E-state index in [0.717, 1.165) is 5.69 Å². The number of pyridine rings is 1. The first kappa shape index (κ1) is 20.8. The summed E-state index contributed by atoms with van der Waals surface area (Å²) in [6, 6.07) is 10.6. The van der Waals surface area contributed by atoms with E-state index < -0.39 is 11.5 Å². The van der Waals surface area contributed by atoms with Crippen molar-refractivity contribution in [1.29, 1.82) is 0 Å². The highest BCUT2D eigenvalue weighted by atomic mass is 16.5. The molecule has 4 aromatic heterocycles. The first-order valence-electron chi connectivity index (χ1n) is 10.4. The molecule has 11 heteroatoms. The Labute approximate surface area is 189 Å². The van der Waals surface area contributed by atoms with Gasteiger partial charge in [-0.3, -0.25) is 9.48 Å². The highest BCUT2D eigenvalue weighted by molar-refractivity contribution is 5.87. The van der Waals surface area contributed by atoms with E-state index in [0.29, 0.717) is 41.1 Å². The van der Waals surface area contributed by atoms with Crippen LogP contribution in [-0.4, -0.2) is 59.4 Å². The lowest BCUT2D eigenvalue weighted by atomic mass is 9.98. The fourth-order valence-electron chi connectivity index (χ4n) is 3.69. The van der Waals surface area contributed by atoms with Gasteiger partial charge in [-0.1, -0.05) is 11.2 Å². The van der Waals surface area contributed by atoms with E-state index in [2.05, 4.69) is 30.5 Å². The number of carbonyl (C=O) groups is 1. The van der Waals surface area contributed by atoms with Crippen molar-refractivity contribution < 1.29 is 14.4 Å². The Morgan fingerprint density at radius 3 is 2.55 bits per heavy atom. The maximum atomic E-state index is 12.3. The van der Waals surface area contributed by atoms with Crippen LogP contribution >= 0.6 is 0 Å². The number of likely N-dealkylation sites (tertiary alicyclic amines) is 1. The number of aromatic nitrogens is 6. The minimum absolute atomic E-state index is 0.109. The molecule has 33 heavy (non-hydrogen) atoms. The van der Waals surface area contributed by atoms with E-state index in [-0.39, 0.29) is 12.2 Å². The fourth-order valence-corrected chi connectivity index (χ4v) is 3.69. The number of rotatable bonds is 5. The van der Waals surface area contributed by atoms with Crippen molar-refractivity contribution in [3.8, 4) is 22.8 Å². The SMILES string of the molecule is Cc1cc(Nc2nccc(-c3cccc(-c4cc([C@]5(O)CCN(C)C5=O)on4)n3)n2)nn1C. The summed E-state index contributed by atoms with van der Waals surface area (Å²) in [5, 5.41) is 22.3. The zero-order valence-electron chi connectivity index (χ0n) is 18.3. The number of carbonyl (C=O) groups excluding carboxylic acids is 1. The Hall–Kier alpha value is -4.12. The second kappa shape index (κ2) is 7.78. The predicted molar refractivity (Wildman–Crippen MR) is 118 cm³/mol. The largest absolute Gasteiger partial charge is 0.373 e. The number of aliphatic hydroxyl groups is 1. The second-order valence-electron chi connectivity index (χ2n) is 8.01. The van der Waals surface area contributed by atoms with E-state index in [9.17, 15) is 9.90 Å². The molecule has 1 atom stereocenters. The summed E-state index contributed by atoms with van der Waals surface area (Å²) in [7, 11) is 3.50. The third-order valence-corrected chi connectivity index (χ3v) is 5.71. The van der Waals surface area contributed by atoms with Gasteiger partial charge in [0.25, 0.3) is 5.91 Å². The molecule has 0 radical (unpaired) electrons. The highest BCUT2D eigenvalue weighted by Crippen LogP contribution is 2.34. The molecule has 1 saturated heterocycles. The minimum Gasteiger partial charge on any atom is -0.373 e. The molecule has 0 saturated carbocycles. The van der Waals surface area contributed by atoms with Crippen LogP contribution in [0.4, 0.5) is 11.8 Å². The summed E-state index contributed by atoms with van der Waals surface area (Å²) < 4.78 is 7.10. The Bertz CT molecular complexity index is 1330. The van der Waals surface area contributed by atoms with Crippen molar-refractivity contribution in [2.75, 3.05) is 18.9 Å². The molecule has 0 unspecified atom stereocenters. The van der Waals surface area contributed by atoms with Gasteiger partial charge in [-0.25, -0.2) is 15.0 Å². The van der Waals surface area contributed by atoms with Crippen LogP contribution in [0, 0.1) is 6.92 Å². The topological polar surface area (TPSA) is 135 Å². The van der Waals surface area contributed by atoms with Crippen LogP contribution in [0.25, 0.3) is 22.8 Å². The normalized spacial score (nSPS) is 18.2. The smallest absolute Gasteiger partial charge is 0.262 e. The number of aryl methyl sites for hydroxylation is 2. The molecule has 1 fully saturated rings. The van der Waals surface area contributed by atoms with Crippen LogP contribution < -0.4 is 5.32 Å². The van der Waals surface area contributed by atoms with Crippen molar-refractivity contribution in [2.45, 2.75) is 18.9 Å². The van der Waals surface area contributed by atoms with Crippen molar-refractivity contribution in [1.82, 2.24) is 34.8 Å². The molecule has 0 spiro atoms. The lowest BCUT2D eigenvalue weighted by molar-refractivity contribution is -0.144. The maximum Gasteiger partial charge on any atom is 0.262 e. The summed E-state index contributed by atoms with van der Waals surface area (Å²) in [5.74, 6) is 0.746. The number of anilines is 2. The van der Waals surface area contributed by atoms with Gasteiger partial charge in [0.15, 0.2) is 11.6 Å². The van der Waals surface area contributed by atoms with Crippen LogP contribution in [0.3, 0.4) is 0 Å². The number of amides is 1. The van der Waals surface area contributed by atoms with Crippen LogP contribution in [0.15, 0.2) is 47.1 Å². The molecule has 0 bridgehead atoms. The quantitative estimate of drug-likeness (QED) is 0.472. The molecule has 1 aliphatic rings. The van der Waals surface area contributed by atoms with Crippen LogP contribution in [0.1, 0.15) is 17.9 Å². The lowest BCUT2D eigenvalue weighted by Crippen LogP contribution is -2.35. The molecule has 5 rings (SSSR count). The molecular weight excluding hydrogens is 424 g/mol. The number of hydrogen-bond donors (Lipinski definition) is 2. The van der Waals surface area contributed by atoms with Gasteiger partial charge in [-0.2, -0.15) is 5.10 Å². The molecule has 1 aliphatic heterocycles.